The van der Waals surface area contributed by atoms with Gasteiger partial charge in [-0.3, -0.25) is 4.90 Å². The molecule has 1 N–H and O–H groups in total. The van der Waals surface area contributed by atoms with E-state index in [-0.39, 0.29) is 24.1 Å². The normalized spacial score (nSPS) is 20.3. The average Bonchev–Trinajstić information content (AvgIpc) is 3.34. The van der Waals surface area contributed by atoms with E-state index in [1.165, 1.54) is 0 Å². The number of nitrogens with one attached hydrogen (secondary N) is 1. The van der Waals surface area contributed by atoms with Crippen molar-refractivity contribution in [2.75, 3.05) is 25.3 Å². The molecule has 1 aromatic carbocycles. The molecule has 0 spiro atoms. The van der Waals surface area contributed by atoms with Crippen LogP contribution in [0, 0.1) is 17.6 Å². The van der Waals surface area contributed by atoms with E-state index in [1.807, 2.05) is 27.8 Å². The number of benzene rings is 1. The Kier molecular flexibility index (Phi) is 5.05. The standard InChI is InChI=1S/C21H21F5N6/c1-30-29-18(19-14-2-5-27-20(14)28-11-32(19)30)12-3-6-31(7-4-12)10-15-16(22)8-13(9-17(15)23)21(24,25)26/h2,5,8-9,11-12,18,29H,3-4,6-7,10H2,1H3. The monoisotopic (exact) mass is 452 g/mol. The van der Waals surface area contributed by atoms with Crippen molar-refractivity contribution in [3.8, 4) is 11.4 Å². The van der Waals surface area contributed by atoms with Gasteiger partial charge < -0.3 is 0 Å². The van der Waals surface area contributed by atoms with E-state index < -0.39 is 23.4 Å². The lowest BCUT2D eigenvalue weighted by Crippen LogP contribution is -2.41. The minimum Gasteiger partial charge on any atom is -0.299 e. The summed E-state index contributed by atoms with van der Waals surface area (Å²) >= 11 is 0. The number of hydrazine groups is 1. The fraction of sp³-hybridized carbons (Fsp3) is 0.429. The number of hydrogen-bond donors (Lipinski definition) is 1. The maximum atomic E-state index is 14.2. The lowest BCUT2D eigenvalue weighted by Gasteiger charge is -2.35. The molecule has 0 radical (unpaired) electrons. The molecule has 1 fully saturated rings. The van der Waals surface area contributed by atoms with E-state index in [1.54, 1.807) is 12.5 Å². The summed E-state index contributed by atoms with van der Waals surface area (Å²) in [7, 11) is 1.90. The third-order valence-corrected chi connectivity index (χ3v) is 6.39. The zero-order chi connectivity index (χ0) is 22.6. The summed E-state index contributed by atoms with van der Waals surface area (Å²) in [5.74, 6) is -1.38. The molecule has 0 aliphatic carbocycles. The fourth-order valence-corrected chi connectivity index (χ4v) is 4.71. The molecule has 0 saturated carbocycles. The van der Waals surface area contributed by atoms with Crippen molar-refractivity contribution in [2.24, 2.45) is 5.92 Å². The van der Waals surface area contributed by atoms with Crippen LogP contribution in [0.4, 0.5) is 22.0 Å². The van der Waals surface area contributed by atoms with Gasteiger partial charge in [0.15, 0.2) is 5.82 Å². The van der Waals surface area contributed by atoms with Crippen molar-refractivity contribution in [1.29, 1.82) is 0 Å². The van der Waals surface area contributed by atoms with Crippen LogP contribution in [0.25, 0.3) is 11.4 Å². The van der Waals surface area contributed by atoms with Gasteiger partial charge in [-0.15, -0.1) is 0 Å². The number of hydrogen-bond acceptors (Lipinski definition) is 5. The molecule has 11 heteroatoms. The molecule has 32 heavy (non-hydrogen) atoms. The quantitative estimate of drug-likeness (QED) is 0.614. The molecule has 1 atom stereocenters. The molecular weight excluding hydrogens is 431 g/mol. The Hall–Kier alpha value is -2.79. The van der Waals surface area contributed by atoms with Gasteiger partial charge in [0.2, 0.25) is 0 Å². The maximum absolute atomic E-state index is 14.2. The highest BCUT2D eigenvalue weighted by molar-refractivity contribution is 5.61. The van der Waals surface area contributed by atoms with Crippen molar-refractivity contribution in [1.82, 2.24) is 25.0 Å². The summed E-state index contributed by atoms with van der Waals surface area (Å²) in [5, 5.41) is 1.87. The van der Waals surface area contributed by atoms with E-state index in [4.69, 9.17) is 0 Å². The van der Waals surface area contributed by atoms with E-state index in [2.05, 4.69) is 15.4 Å². The summed E-state index contributed by atoms with van der Waals surface area (Å²) in [5.41, 5.74) is 3.87. The Morgan fingerprint density at radius 1 is 1.09 bits per heavy atom. The first-order valence-corrected chi connectivity index (χ1v) is 10.3. The van der Waals surface area contributed by atoms with E-state index in [0.29, 0.717) is 31.0 Å². The SMILES string of the molecule is CN1NC(C2CCN(Cc3c(F)cc(C(F)(F)F)cc3F)CC2)c2c3ccnc-3ncn21. The Morgan fingerprint density at radius 3 is 2.44 bits per heavy atom. The molecule has 0 amide bonds. The Bertz CT molecular complexity index is 1080. The molecule has 4 heterocycles. The van der Waals surface area contributed by atoms with Gasteiger partial charge in [0.1, 0.15) is 18.0 Å². The highest BCUT2D eigenvalue weighted by atomic mass is 19.4. The number of fused-ring (bicyclic) bond motifs is 3. The number of likely N-dealkylation sites (tertiary alicyclic amines) is 1. The largest absolute Gasteiger partial charge is 0.416 e. The van der Waals surface area contributed by atoms with Gasteiger partial charge in [-0.25, -0.2) is 34.0 Å². The highest BCUT2D eigenvalue weighted by Gasteiger charge is 2.38. The van der Waals surface area contributed by atoms with Crippen LogP contribution >= 0.6 is 0 Å². The molecule has 0 bridgehead atoms. The van der Waals surface area contributed by atoms with Crippen molar-refractivity contribution in [2.45, 2.75) is 31.6 Å². The number of halogens is 5. The lowest BCUT2D eigenvalue weighted by molar-refractivity contribution is -0.138. The van der Waals surface area contributed by atoms with Crippen LogP contribution in [-0.4, -0.2) is 39.7 Å². The predicted molar refractivity (Wildman–Crippen MR) is 106 cm³/mol. The third kappa shape index (κ3) is 3.58. The minimum atomic E-state index is -4.79. The van der Waals surface area contributed by atoms with Gasteiger partial charge in [-0.05, 0) is 50.0 Å². The number of piperidine rings is 1. The van der Waals surface area contributed by atoms with E-state index in [9.17, 15) is 22.0 Å². The third-order valence-electron chi connectivity index (χ3n) is 6.39. The van der Waals surface area contributed by atoms with Gasteiger partial charge in [0.05, 0.1) is 17.3 Å². The van der Waals surface area contributed by atoms with Gasteiger partial charge in [-0.2, -0.15) is 13.2 Å². The van der Waals surface area contributed by atoms with Crippen LogP contribution in [0.1, 0.15) is 35.7 Å². The van der Waals surface area contributed by atoms with Crippen molar-refractivity contribution < 1.29 is 22.0 Å². The molecule has 1 aromatic rings. The molecule has 170 valence electrons. The number of rotatable bonds is 3. The van der Waals surface area contributed by atoms with Crippen molar-refractivity contribution >= 4 is 0 Å². The second-order valence-corrected chi connectivity index (χ2v) is 8.32. The first kappa shape index (κ1) is 21.1. The molecule has 1 unspecified atom stereocenters. The van der Waals surface area contributed by atoms with E-state index >= 15 is 0 Å². The summed E-state index contributed by atoms with van der Waals surface area (Å²) < 4.78 is 68.8. The smallest absolute Gasteiger partial charge is 0.299 e. The molecule has 6 nitrogen and oxygen atoms in total. The van der Waals surface area contributed by atoms with Crippen LogP contribution in [0.15, 0.2) is 30.7 Å². The summed E-state index contributed by atoms with van der Waals surface area (Å²) in [6.07, 6.45) is 0.208. The average molecular weight is 452 g/mol. The number of nitrogens with zero attached hydrogens (tertiary/aromatic N) is 5. The molecule has 1 saturated heterocycles. The maximum Gasteiger partial charge on any atom is 0.416 e. The fourth-order valence-electron chi connectivity index (χ4n) is 4.71. The molecule has 0 aromatic heterocycles. The van der Waals surface area contributed by atoms with Crippen molar-refractivity contribution in [3.05, 3.63) is 59.2 Å². The van der Waals surface area contributed by atoms with Crippen LogP contribution < -0.4 is 10.5 Å². The first-order valence-electron chi connectivity index (χ1n) is 10.3. The summed E-state index contributed by atoms with van der Waals surface area (Å²) in [6.45, 7) is 1.10. The topological polar surface area (TPSA) is 49.2 Å². The second kappa shape index (κ2) is 7.66. The first-order chi connectivity index (χ1) is 15.2. The van der Waals surface area contributed by atoms with E-state index in [0.717, 1.165) is 24.1 Å². The van der Waals surface area contributed by atoms with Crippen LogP contribution in [0.3, 0.4) is 0 Å². The van der Waals surface area contributed by atoms with Gasteiger partial charge in [-0.1, -0.05) is 0 Å². The minimum absolute atomic E-state index is 0.0383. The van der Waals surface area contributed by atoms with Crippen molar-refractivity contribution in [3.63, 3.8) is 0 Å². The highest BCUT2D eigenvalue weighted by Crippen LogP contribution is 2.39. The van der Waals surface area contributed by atoms with Gasteiger partial charge in [0, 0.05) is 30.9 Å². The lowest BCUT2D eigenvalue weighted by atomic mass is 9.86. The Morgan fingerprint density at radius 2 is 1.78 bits per heavy atom. The summed E-state index contributed by atoms with van der Waals surface area (Å²) in [6, 6.07) is 2.71. The van der Waals surface area contributed by atoms with Crippen LogP contribution in [0.2, 0.25) is 0 Å². The zero-order valence-corrected chi connectivity index (χ0v) is 17.2. The zero-order valence-electron chi connectivity index (χ0n) is 17.2. The molecule has 4 aliphatic rings. The molecule has 4 aliphatic heterocycles. The number of aromatic nitrogens is 3. The second-order valence-electron chi connectivity index (χ2n) is 8.32. The predicted octanol–water partition coefficient (Wildman–Crippen LogP) is 3.72. The summed E-state index contributed by atoms with van der Waals surface area (Å²) in [4.78, 5) is 10.5. The Balaban J connectivity index is 1.29. The van der Waals surface area contributed by atoms with Crippen LogP contribution in [0.5, 0.6) is 0 Å². The van der Waals surface area contributed by atoms with Crippen LogP contribution in [-0.2, 0) is 12.7 Å². The Labute approximate surface area is 180 Å². The van der Waals surface area contributed by atoms with Gasteiger partial charge in [0.25, 0.3) is 0 Å². The molecule has 5 rings (SSSR count). The van der Waals surface area contributed by atoms with Gasteiger partial charge >= 0.3 is 6.18 Å². The number of alkyl halides is 3. The molecular formula is C21H21F5N6.